The van der Waals surface area contributed by atoms with Gasteiger partial charge in [-0.05, 0) is 13.0 Å². The third-order valence-electron chi connectivity index (χ3n) is 1.80. The Morgan fingerprint density at radius 3 is 3.07 bits per heavy atom. The van der Waals surface area contributed by atoms with E-state index in [2.05, 4.69) is 22.4 Å². The summed E-state index contributed by atoms with van der Waals surface area (Å²) in [6.45, 7) is 4.43. The van der Waals surface area contributed by atoms with Gasteiger partial charge in [-0.2, -0.15) is 0 Å². The number of hydrogen-bond donors (Lipinski definition) is 1. The summed E-state index contributed by atoms with van der Waals surface area (Å²) in [4.78, 5) is 0. The minimum Gasteiger partial charge on any atom is -0.316 e. The fraction of sp³-hybridized carbons (Fsp3) is 0.778. The van der Waals surface area contributed by atoms with Gasteiger partial charge in [0.25, 0.3) is 0 Å². The number of nitrogens with one attached hydrogen (secondary N) is 1. The molecule has 0 atom stereocenters. The molecule has 0 aliphatic rings. The quantitative estimate of drug-likeness (QED) is 0.551. The summed E-state index contributed by atoms with van der Waals surface area (Å²) in [6, 6.07) is 0. The molecular formula is C9H17N3S2. The van der Waals surface area contributed by atoms with Crippen LogP contribution in [0.5, 0.6) is 0 Å². The van der Waals surface area contributed by atoms with Crippen LogP contribution in [0.25, 0.3) is 0 Å². The van der Waals surface area contributed by atoms with E-state index < -0.39 is 0 Å². The first-order valence-electron chi connectivity index (χ1n) is 5.03. The standard InChI is InChI=1S/C9H17N3S2/c1-2-3-4-5-10-6-7-13-9-12-11-8-14-9/h8,10H,2-7H2,1H3. The third-order valence-corrected chi connectivity index (χ3v) is 3.66. The number of rotatable bonds is 8. The van der Waals surface area contributed by atoms with E-state index >= 15 is 0 Å². The van der Waals surface area contributed by atoms with Crippen LogP contribution >= 0.6 is 23.1 Å². The molecule has 1 aromatic heterocycles. The van der Waals surface area contributed by atoms with Crippen molar-refractivity contribution in [1.29, 1.82) is 0 Å². The van der Waals surface area contributed by atoms with Crippen LogP contribution in [0.3, 0.4) is 0 Å². The molecule has 1 N–H and O–H groups in total. The van der Waals surface area contributed by atoms with Crippen LogP contribution in [-0.2, 0) is 0 Å². The van der Waals surface area contributed by atoms with Gasteiger partial charge >= 0.3 is 0 Å². The van der Waals surface area contributed by atoms with Crippen molar-refractivity contribution in [2.45, 2.75) is 30.5 Å². The van der Waals surface area contributed by atoms with E-state index in [-0.39, 0.29) is 0 Å². The highest BCUT2D eigenvalue weighted by molar-refractivity contribution is 8.01. The predicted octanol–water partition coefficient (Wildman–Crippen LogP) is 2.41. The minimum atomic E-state index is 1.06. The number of thioether (sulfide) groups is 1. The molecule has 0 fully saturated rings. The number of aromatic nitrogens is 2. The molecule has 0 aromatic carbocycles. The highest BCUT2D eigenvalue weighted by Gasteiger charge is 1.96. The SMILES string of the molecule is CCCCCNCCSc1nncs1. The van der Waals surface area contributed by atoms with Crippen LogP contribution in [-0.4, -0.2) is 29.0 Å². The van der Waals surface area contributed by atoms with Gasteiger partial charge in [0, 0.05) is 12.3 Å². The van der Waals surface area contributed by atoms with Gasteiger partial charge < -0.3 is 5.32 Å². The molecule has 0 bridgehead atoms. The smallest absolute Gasteiger partial charge is 0.174 e. The molecule has 0 amide bonds. The molecule has 0 radical (unpaired) electrons. The van der Waals surface area contributed by atoms with Gasteiger partial charge in [0.05, 0.1) is 0 Å². The minimum absolute atomic E-state index is 1.06. The van der Waals surface area contributed by atoms with Crippen molar-refractivity contribution in [2.24, 2.45) is 0 Å². The van der Waals surface area contributed by atoms with Gasteiger partial charge in [0.2, 0.25) is 0 Å². The van der Waals surface area contributed by atoms with E-state index in [9.17, 15) is 0 Å². The molecule has 5 heteroatoms. The van der Waals surface area contributed by atoms with E-state index in [4.69, 9.17) is 0 Å². The average molecular weight is 231 g/mol. The highest BCUT2D eigenvalue weighted by Crippen LogP contribution is 2.17. The van der Waals surface area contributed by atoms with Crippen LogP contribution in [0.4, 0.5) is 0 Å². The molecular weight excluding hydrogens is 214 g/mol. The van der Waals surface area contributed by atoms with Gasteiger partial charge in [0.1, 0.15) is 5.51 Å². The Balaban J connectivity index is 1.85. The first-order chi connectivity index (χ1) is 6.93. The fourth-order valence-corrected chi connectivity index (χ4v) is 2.52. The molecule has 14 heavy (non-hydrogen) atoms. The summed E-state index contributed by atoms with van der Waals surface area (Å²) >= 11 is 3.38. The zero-order valence-electron chi connectivity index (χ0n) is 8.53. The van der Waals surface area contributed by atoms with Crippen LogP contribution < -0.4 is 5.32 Å². The number of hydrogen-bond acceptors (Lipinski definition) is 5. The topological polar surface area (TPSA) is 37.8 Å². The summed E-state index contributed by atoms with van der Waals surface area (Å²) in [5.41, 5.74) is 1.77. The Bertz CT molecular complexity index is 214. The molecule has 80 valence electrons. The molecule has 1 heterocycles. The Hall–Kier alpha value is -0.130. The van der Waals surface area contributed by atoms with Crippen molar-refractivity contribution < 1.29 is 0 Å². The van der Waals surface area contributed by atoms with Crippen molar-refractivity contribution in [3.8, 4) is 0 Å². The van der Waals surface area contributed by atoms with Crippen LogP contribution in [0.1, 0.15) is 26.2 Å². The highest BCUT2D eigenvalue weighted by atomic mass is 32.2. The normalized spacial score (nSPS) is 10.6. The Labute approximate surface area is 93.7 Å². The lowest BCUT2D eigenvalue weighted by Gasteiger charge is -2.01. The zero-order chi connectivity index (χ0) is 10.1. The Morgan fingerprint density at radius 2 is 2.36 bits per heavy atom. The molecule has 3 nitrogen and oxygen atoms in total. The molecule has 0 unspecified atom stereocenters. The van der Waals surface area contributed by atoms with Crippen LogP contribution in [0.2, 0.25) is 0 Å². The summed E-state index contributed by atoms with van der Waals surface area (Å²) in [7, 11) is 0. The molecule has 1 rings (SSSR count). The van der Waals surface area contributed by atoms with E-state index in [0.29, 0.717) is 0 Å². The van der Waals surface area contributed by atoms with Crippen molar-refractivity contribution >= 4 is 23.1 Å². The first-order valence-corrected chi connectivity index (χ1v) is 6.89. The van der Waals surface area contributed by atoms with Gasteiger partial charge in [-0.25, -0.2) is 0 Å². The Kier molecular flexibility index (Phi) is 7.00. The molecule has 0 aliphatic heterocycles. The summed E-state index contributed by atoms with van der Waals surface area (Å²) in [5, 5.41) is 11.2. The van der Waals surface area contributed by atoms with E-state index in [1.54, 1.807) is 28.6 Å². The molecule has 0 spiro atoms. The summed E-state index contributed by atoms with van der Waals surface area (Å²) < 4.78 is 1.07. The number of unbranched alkanes of at least 4 members (excludes halogenated alkanes) is 2. The van der Waals surface area contributed by atoms with Gasteiger partial charge in [-0.1, -0.05) is 42.9 Å². The Morgan fingerprint density at radius 1 is 1.43 bits per heavy atom. The first kappa shape index (κ1) is 11.9. The van der Waals surface area contributed by atoms with E-state index in [0.717, 1.165) is 23.2 Å². The average Bonchev–Trinajstić information content (AvgIpc) is 2.69. The fourth-order valence-electron chi connectivity index (χ4n) is 1.06. The second-order valence-corrected chi connectivity index (χ2v) is 5.19. The van der Waals surface area contributed by atoms with Crippen LogP contribution in [0, 0.1) is 0 Å². The van der Waals surface area contributed by atoms with Crippen molar-refractivity contribution in [3.63, 3.8) is 0 Å². The molecule has 0 aliphatic carbocycles. The lowest BCUT2D eigenvalue weighted by atomic mass is 10.2. The second kappa shape index (κ2) is 8.20. The summed E-state index contributed by atoms with van der Waals surface area (Å²) in [5.74, 6) is 1.08. The van der Waals surface area contributed by atoms with Crippen molar-refractivity contribution in [2.75, 3.05) is 18.8 Å². The largest absolute Gasteiger partial charge is 0.316 e. The van der Waals surface area contributed by atoms with E-state index in [1.165, 1.54) is 19.3 Å². The van der Waals surface area contributed by atoms with Crippen LogP contribution in [0.15, 0.2) is 9.85 Å². The lowest BCUT2D eigenvalue weighted by molar-refractivity contribution is 0.636. The van der Waals surface area contributed by atoms with Gasteiger partial charge in [0.15, 0.2) is 4.34 Å². The van der Waals surface area contributed by atoms with Gasteiger partial charge in [-0.15, -0.1) is 10.2 Å². The van der Waals surface area contributed by atoms with E-state index in [1.807, 2.05) is 0 Å². The lowest BCUT2D eigenvalue weighted by Crippen LogP contribution is -2.18. The maximum Gasteiger partial charge on any atom is 0.174 e. The maximum absolute atomic E-state index is 3.97. The monoisotopic (exact) mass is 231 g/mol. The second-order valence-electron chi connectivity index (χ2n) is 3.01. The molecule has 1 aromatic rings. The number of nitrogens with zero attached hydrogens (tertiary/aromatic N) is 2. The summed E-state index contributed by atoms with van der Waals surface area (Å²) in [6.07, 6.45) is 3.91. The zero-order valence-corrected chi connectivity index (χ0v) is 10.2. The molecule has 0 saturated carbocycles. The van der Waals surface area contributed by atoms with Crippen molar-refractivity contribution in [3.05, 3.63) is 5.51 Å². The maximum atomic E-state index is 3.97. The third kappa shape index (κ3) is 5.57. The van der Waals surface area contributed by atoms with Gasteiger partial charge in [-0.3, -0.25) is 0 Å². The van der Waals surface area contributed by atoms with Crippen molar-refractivity contribution in [1.82, 2.24) is 15.5 Å². The molecule has 0 saturated heterocycles. The predicted molar refractivity (Wildman–Crippen MR) is 63.0 cm³/mol.